The van der Waals surface area contributed by atoms with Gasteiger partial charge in [0.2, 0.25) is 0 Å². The summed E-state index contributed by atoms with van der Waals surface area (Å²) in [6, 6.07) is 12.4. The Kier molecular flexibility index (Phi) is 4.90. The zero-order chi connectivity index (χ0) is 19.0. The fraction of sp³-hybridized carbons (Fsp3) is 0.273. The number of nitrogens with zero attached hydrogens (tertiary/aromatic N) is 3. The van der Waals surface area contributed by atoms with E-state index in [-0.39, 0.29) is 0 Å². The number of halogens is 1. The Bertz CT molecular complexity index is 1060. The summed E-state index contributed by atoms with van der Waals surface area (Å²) < 4.78 is 2.20. The van der Waals surface area contributed by atoms with Crippen molar-refractivity contribution < 1.29 is 0 Å². The van der Waals surface area contributed by atoms with Crippen molar-refractivity contribution in [1.82, 2.24) is 4.57 Å². The summed E-state index contributed by atoms with van der Waals surface area (Å²) >= 11 is 7.70. The smallest absolute Gasteiger partial charge is 0.134 e. The van der Waals surface area contributed by atoms with Crippen LogP contribution >= 0.6 is 22.9 Å². The third-order valence-corrected chi connectivity index (χ3v) is 6.59. The highest BCUT2D eigenvalue weighted by atomic mass is 35.5. The molecule has 0 spiro atoms. The van der Waals surface area contributed by atoms with Gasteiger partial charge in [-0.25, -0.2) is 4.99 Å². The van der Waals surface area contributed by atoms with Gasteiger partial charge in [-0.2, -0.15) is 5.26 Å². The third-order valence-electron chi connectivity index (χ3n) is 5.14. The molecule has 4 rings (SSSR count). The molecule has 0 aliphatic heterocycles. The summed E-state index contributed by atoms with van der Waals surface area (Å²) in [5.41, 5.74) is 6.42. The Morgan fingerprint density at radius 3 is 2.67 bits per heavy atom. The van der Waals surface area contributed by atoms with Crippen LogP contribution in [0.4, 0.5) is 5.00 Å². The minimum Gasteiger partial charge on any atom is -0.318 e. The Balaban J connectivity index is 1.70. The predicted molar refractivity (Wildman–Crippen MR) is 113 cm³/mol. The Hall–Kier alpha value is -2.35. The summed E-state index contributed by atoms with van der Waals surface area (Å²) in [7, 11) is 0. The summed E-state index contributed by atoms with van der Waals surface area (Å²) in [6.07, 6.45) is 6.37. The molecule has 1 aliphatic rings. The molecule has 0 unspecified atom stereocenters. The van der Waals surface area contributed by atoms with Crippen LogP contribution in [-0.2, 0) is 12.8 Å². The molecular weight excluding hydrogens is 374 g/mol. The lowest BCUT2D eigenvalue weighted by molar-refractivity contribution is 0.696. The van der Waals surface area contributed by atoms with E-state index in [9.17, 15) is 5.26 Å². The number of fused-ring (bicyclic) bond motifs is 1. The van der Waals surface area contributed by atoms with Crippen molar-refractivity contribution in [3.63, 3.8) is 0 Å². The average Bonchev–Trinajstić information content (AvgIpc) is 3.17. The van der Waals surface area contributed by atoms with Gasteiger partial charge in [-0.15, -0.1) is 11.3 Å². The molecule has 0 bridgehead atoms. The van der Waals surface area contributed by atoms with Crippen molar-refractivity contribution in [3.8, 4) is 11.8 Å². The van der Waals surface area contributed by atoms with Crippen molar-refractivity contribution in [3.05, 3.63) is 68.3 Å². The minimum atomic E-state index is 0.730. The first-order valence-corrected chi connectivity index (χ1v) is 10.3. The van der Waals surface area contributed by atoms with Crippen LogP contribution < -0.4 is 0 Å². The number of hydrogen-bond acceptors (Lipinski definition) is 3. The SMILES string of the molecule is Cc1cc(C=Nc2sc3c(c2C#N)CCCC3)c(C)n1-c1ccc(Cl)cc1. The van der Waals surface area contributed by atoms with E-state index in [0.717, 1.165) is 51.1 Å². The first kappa shape index (κ1) is 18.0. The van der Waals surface area contributed by atoms with Gasteiger partial charge in [-0.05, 0) is 75.4 Å². The van der Waals surface area contributed by atoms with Gasteiger partial charge in [0.1, 0.15) is 11.1 Å². The molecule has 27 heavy (non-hydrogen) atoms. The maximum absolute atomic E-state index is 9.60. The van der Waals surface area contributed by atoms with Gasteiger partial charge in [0.15, 0.2) is 0 Å². The lowest BCUT2D eigenvalue weighted by atomic mass is 9.96. The van der Waals surface area contributed by atoms with Crippen molar-refractivity contribution in [2.45, 2.75) is 39.5 Å². The van der Waals surface area contributed by atoms with Crippen molar-refractivity contribution in [2.75, 3.05) is 0 Å². The van der Waals surface area contributed by atoms with E-state index >= 15 is 0 Å². The number of nitriles is 1. The number of aryl methyl sites for hydroxylation is 2. The van der Waals surface area contributed by atoms with Gasteiger partial charge in [0.05, 0.1) is 5.56 Å². The van der Waals surface area contributed by atoms with E-state index in [1.165, 1.54) is 23.3 Å². The van der Waals surface area contributed by atoms with Gasteiger partial charge >= 0.3 is 0 Å². The van der Waals surface area contributed by atoms with E-state index in [0.29, 0.717) is 0 Å². The molecule has 0 amide bonds. The van der Waals surface area contributed by atoms with Crippen molar-refractivity contribution in [2.24, 2.45) is 4.99 Å². The molecule has 0 N–H and O–H groups in total. The van der Waals surface area contributed by atoms with Crippen molar-refractivity contribution >= 4 is 34.2 Å². The van der Waals surface area contributed by atoms with E-state index in [1.54, 1.807) is 11.3 Å². The second-order valence-electron chi connectivity index (χ2n) is 6.90. The normalized spacial score (nSPS) is 13.7. The number of hydrogen-bond donors (Lipinski definition) is 0. The van der Waals surface area contributed by atoms with Crippen LogP contribution in [0.5, 0.6) is 0 Å². The van der Waals surface area contributed by atoms with Gasteiger partial charge in [-0.1, -0.05) is 11.6 Å². The number of aromatic nitrogens is 1. The van der Waals surface area contributed by atoms with Crippen LogP contribution in [-0.4, -0.2) is 10.8 Å². The second-order valence-corrected chi connectivity index (χ2v) is 8.42. The second kappa shape index (κ2) is 7.34. The summed E-state index contributed by atoms with van der Waals surface area (Å²) in [5.74, 6) is 0. The Morgan fingerprint density at radius 1 is 1.19 bits per heavy atom. The highest BCUT2D eigenvalue weighted by Crippen LogP contribution is 2.39. The first-order chi connectivity index (χ1) is 13.1. The predicted octanol–water partition coefficient (Wildman–Crippen LogP) is 6.31. The molecule has 1 aromatic carbocycles. The lowest BCUT2D eigenvalue weighted by Gasteiger charge is -2.09. The van der Waals surface area contributed by atoms with Crippen LogP contribution in [0.3, 0.4) is 0 Å². The molecule has 3 aromatic rings. The Labute approximate surface area is 168 Å². The van der Waals surface area contributed by atoms with Gasteiger partial charge < -0.3 is 4.57 Å². The first-order valence-electron chi connectivity index (χ1n) is 9.12. The molecule has 1 aliphatic carbocycles. The summed E-state index contributed by atoms with van der Waals surface area (Å²) in [4.78, 5) is 6.06. The molecular formula is C22H20ClN3S. The minimum absolute atomic E-state index is 0.730. The van der Waals surface area contributed by atoms with Crippen molar-refractivity contribution in [1.29, 1.82) is 5.26 Å². The Morgan fingerprint density at radius 2 is 1.93 bits per heavy atom. The fourth-order valence-electron chi connectivity index (χ4n) is 3.79. The molecule has 2 heterocycles. The van der Waals surface area contributed by atoms with Gasteiger partial charge in [0.25, 0.3) is 0 Å². The molecule has 0 fully saturated rings. The number of rotatable bonds is 3. The molecule has 2 aromatic heterocycles. The summed E-state index contributed by atoms with van der Waals surface area (Å²) in [5, 5.41) is 11.2. The monoisotopic (exact) mass is 393 g/mol. The molecule has 0 saturated heterocycles. The van der Waals surface area contributed by atoms with E-state index < -0.39 is 0 Å². The quantitative estimate of drug-likeness (QED) is 0.480. The van der Waals surface area contributed by atoms with Crippen LogP contribution in [0.2, 0.25) is 5.02 Å². The number of aliphatic imine (C=N–C) groups is 1. The van der Waals surface area contributed by atoms with Gasteiger partial charge in [-0.3, -0.25) is 0 Å². The molecule has 3 nitrogen and oxygen atoms in total. The van der Waals surface area contributed by atoms with Gasteiger partial charge in [0, 0.05) is 38.8 Å². The zero-order valence-corrected chi connectivity index (χ0v) is 17.0. The number of benzene rings is 1. The molecule has 0 atom stereocenters. The maximum Gasteiger partial charge on any atom is 0.134 e. The van der Waals surface area contributed by atoms with Crippen LogP contribution in [0.25, 0.3) is 5.69 Å². The highest BCUT2D eigenvalue weighted by molar-refractivity contribution is 7.16. The number of thiophene rings is 1. The molecule has 0 saturated carbocycles. The van der Waals surface area contributed by atoms with Crippen LogP contribution in [0.15, 0.2) is 35.3 Å². The van der Waals surface area contributed by atoms with E-state index in [1.807, 2.05) is 30.5 Å². The van der Waals surface area contributed by atoms with E-state index in [2.05, 4.69) is 30.6 Å². The standard InChI is InChI=1S/C22H20ClN3S/c1-14-11-16(15(2)26(14)18-9-7-17(23)8-10-18)13-25-22-20(12-24)19-5-3-4-6-21(19)27-22/h7-11,13H,3-6H2,1-2H3. The largest absolute Gasteiger partial charge is 0.318 e. The maximum atomic E-state index is 9.60. The third kappa shape index (κ3) is 3.34. The molecule has 5 heteroatoms. The topological polar surface area (TPSA) is 41.1 Å². The molecule has 0 radical (unpaired) electrons. The van der Waals surface area contributed by atoms with E-state index in [4.69, 9.17) is 16.6 Å². The lowest BCUT2D eigenvalue weighted by Crippen LogP contribution is -1.99. The van der Waals surface area contributed by atoms with Crippen LogP contribution in [0, 0.1) is 25.2 Å². The zero-order valence-electron chi connectivity index (χ0n) is 15.4. The molecule has 136 valence electrons. The summed E-state index contributed by atoms with van der Waals surface area (Å²) in [6.45, 7) is 4.18. The van der Waals surface area contributed by atoms with Crippen LogP contribution in [0.1, 0.15) is 45.8 Å². The highest BCUT2D eigenvalue weighted by Gasteiger charge is 2.20. The fourth-order valence-corrected chi connectivity index (χ4v) is 5.10. The average molecular weight is 394 g/mol.